The van der Waals surface area contributed by atoms with Crippen LogP contribution in [0.2, 0.25) is 10.0 Å². The number of ether oxygens (including phenoxy) is 2. The number of aromatic nitrogens is 2. The lowest BCUT2D eigenvalue weighted by molar-refractivity contribution is 0.276. The van der Waals surface area contributed by atoms with Crippen LogP contribution in [0.5, 0.6) is 11.5 Å². The molecule has 0 aliphatic carbocycles. The van der Waals surface area contributed by atoms with E-state index in [0.29, 0.717) is 38.6 Å². The molecule has 0 aliphatic rings. The van der Waals surface area contributed by atoms with Crippen molar-refractivity contribution in [3.05, 3.63) is 46.2 Å². The molecule has 0 fully saturated rings. The average molecular weight is 353 g/mol. The Hall–Kier alpha value is -1.95. The summed E-state index contributed by atoms with van der Waals surface area (Å²) in [6.07, 6.45) is 1.67. The van der Waals surface area contributed by atoms with Gasteiger partial charge in [-0.05, 0) is 24.3 Å². The molecule has 0 bridgehead atoms. The lowest BCUT2D eigenvalue weighted by Crippen LogP contribution is -1.95. The minimum Gasteiger partial charge on any atom is -0.493 e. The van der Waals surface area contributed by atoms with Gasteiger partial charge >= 0.3 is 0 Å². The van der Waals surface area contributed by atoms with Gasteiger partial charge in [-0.3, -0.25) is 4.40 Å². The lowest BCUT2D eigenvalue weighted by atomic mass is 10.1. The van der Waals surface area contributed by atoms with Gasteiger partial charge in [-0.2, -0.15) is 0 Å². The number of halogens is 2. The van der Waals surface area contributed by atoms with Crippen LogP contribution in [0.3, 0.4) is 0 Å². The minimum atomic E-state index is -0.207. The molecule has 2 aromatic heterocycles. The number of rotatable bonds is 4. The first kappa shape index (κ1) is 15.9. The fraction of sp³-hybridized carbons (Fsp3) is 0.188. The normalized spacial score (nSPS) is 11.0. The molecule has 2 heterocycles. The molecule has 0 unspecified atom stereocenters. The van der Waals surface area contributed by atoms with Crippen molar-refractivity contribution in [2.45, 2.75) is 6.61 Å². The number of benzene rings is 1. The Morgan fingerprint density at radius 2 is 1.87 bits per heavy atom. The molecule has 3 rings (SSSR count). The average Bonchev–Trinajstić information content (AvgIpc) is 2.92. The summed E-state index contributed by atoms with van der Waals surface area (Å²) >= 11 is 12.2. The van der Waals surface area contributed by atoms with Crippen LogP contribution in [-0.2, 0) is 6.61 Å². The van der Waals surface area contributed by atoms with Gasteiger partial charge in [0.25, 0.3) is 0 Å². The summed E-state index contributed by atoms with van der Waals surface area (Å²) in [6, 6.07) is 7.05. The van der Waals surface area contributed by atoms with E-state index in [4.69, 9.17) is 32.7 Å². The highest BCUT2D eigenvalue weighted by Crippen LogP contribution is 2.35. The van der Waals surface area contributed by atoms with Crippen LogP contribution in [-0.4, -0.2) is 28.7 Å². The summed E-state index contributed by atoms with van der Waals surface area (Å²) in [6.45, 7) is -0.207. The van der Waals surface area contributed by atoms with Crippen molar-refractivity contribution >= 4 is 28.8 Å². The van der Waals surface area contributed by atoms with Crippen LogP contribution in [0.15, 0.2) is 30.5 Å². The maximum absolute atomic E-state index is 9.77. The first-order chi connectivity index (χ1) is 11.1. The van der Waals surface area contributed by atoms with E-state index in [0.717, 1.165) is 5.56 Å². The maximum Gasteiger partial charge on any atom is 0.161 e. The van der Waals surface area contributed by atoms with Gasteiger partial charge in [0.05, 0.1) is 42.3 Å². The predicted octanol–water partition coefficient (Wildman–Crippen LogP) is 3.82. The highest BCUT2D eigenvalue weighted by atomic mass is 35.5. The van der Waals surface area contributed by atoms with Gasteiger partial charge in [-0.15, -0.1) is 0 Å². The van der Waals surface area contributed by atoms with Crippen molar-refractivity contribution in [1.29, 1.82) is 0 Å². The highest BCUT2D eigenvalue weighted by molar-refractivity contribution is 6.36. The fourth-order valence-corrected chi connectivity index (χ4v) is 3.00. The lowest BCUT2D eigenvalue weighted by Gasteiger charge is -2.09. The number of methoxy groups -OCH3 is 2. The standard InChI is InChI=1S/C16H14Cl2N2O3/c1-22-13-4-3-9(5-14(13)23-2)15-12(8-21)20-7-10(17)6-11(18)16(20)19-15/h3-7,21H,8H2,1-2H3. The van der Waals surface area contributed by atoms with E-state index < -0.39 is 0 Å². The monoisotopic (exact) mass is 352 g/mol. The number of pyridine rings is 1. The second kappa shape index (κ2) is 6.28. The second-order valence-electron chi connectivity index (χ2n) is 4.83. The Kier molecular flexibility index (Phi) is 4.35. The topological polar surface area (TPSA) is 56.0 Å². The number of aliphatic hydroxyl groups excluding tert-OH is 1. The zero-order valence-corrected chi connectivity index (χ0v) is 14.0. The maximum atomic E-state index is 9.77. The van der Waals surface area contributed by atoms with E-state index in [1.165, 1.54) is 0 Å². The van der Waals surface area contributed by atoms with E-state index in [1.807, 2.05) is 6.07 Å². The van der Waals surface area contributed by atoms with Crippen LogP contribution in [0.25, 0.3) is 16.9 Å². The van der Waals surface area contributed by atoms with Crippen molar-refractivity contribution in [3.63, 3.8) is 0 Å². The molecule has 7 heteroatoms. The van der Waals surface area contributed by atoms with Gasteiger partial charge < -0.3 is 14.6 Å². The summed E-state index contributed by atoms with van der Waals surface area (Å²) < 4.78 is 12.2. The van der Waals surface area contributed by atoms with Crippen molar-refractivity contribution in [1.82, 2.24) is 9.38 Å². The van der Waals surface area contributed by atoms with Crippen molar-refractivity contribution in [2.75, 3.05) is 14.2 Å². The number of fused-ring (bicyclic) bond motifs is 1. The number of nitrogens with zero attached hydrogens (tertiary/aromatic N) is 2. The van der Waals surface area contributed by atoms with Gasteiger partial charge in [-0.1, -0.05) is 23.2 Å². The number of hydrogen-bond donors (Lipinski definition) is 1. The third-order valence-corrected chi connectivity index (χ3v) is 4.03. The molecule has 1 aromatic carbocycles. The first-order valence-corrected chi connectivity index (χ1v) is 7.54. The van der Waals surface area contributed by atoms with Gasteiger partial charge in [0.1, 0.15) is 0 Å². The molecule has 0 saturated carbocycles. The molecule has 0 aliphatic heterocycles. The fourth-order valence-electron chi connectivity index (χ4n) is 2.49. The van der Waals surface area contributed by atoms with Crippen molar-refractivity contribution < 1.29 is 14.6 Å². The Labute approximate surface area is 143 Å². The SMILES string of the molecule is COc1ccc(-c2nc3c(Cl)cc(Cl)cn3c2CO)cc1OC. The van der Waals surface area contributed by atoms with Crippen LogP contribution in [0.4, 0.5) is 0 Å². The summed E-state index contributed by atoms with van der Waals surface area (Å²) in [7, 11) is 3.14. The Bertz CT molecular complexity index is 877. The number of imidazole rings is 1. The smallest absolute Gasteiger partial charge is 0.161 e. The molecule has 1 N–H and O–H groups in total. The zero-order valence-electron chi connectivity index (χ0n) is 12.5. The molecule has 0 spiro atoms. The van der Waals surface area contributed by atoms with Gasteiger partial charge in [0, 0.05) is 11.8 Å². The van der Waals surface area contributed by atoms with E-state index in [-0.39, 0.29) is 6.61 Å². The number of hydrogen-bond acceptors (Lipinski definition) is 4. The summed E-state index contributed by atoms with van der Waals surface area (Å²) in [5, 5.41) is 10.7. The van der Waals surface area contributed by atoms with Crippen LogP contribution >= 0.6 is 23.2 Å². The van der Waals surface area contributed by atoms with Gasteiger partial charge in [0.15, 0.2) is 17.1 Å². The van der Waals surface area contributed by atoms with Crippen molar-refractivity contribution in [2.24, 2.45) is 0 Å². The summed E-state index contributed by atoms with van der Waals surface area (Å²) in [5.74, 6) is 1.20. The molecular formula is C16H14Cl2N2O3. The van der Waals surface area contributed by atoms with E-state index in [2.05, 4.69) is 4.98 Å². The molecule has 120 valence electrons. The molecule has 0 radical (unpaired) electrons. The van der Waals surface area contributed by atoms with Crippen LogP contribution in [0.1, 0.15) is 5.69 Å². The summed E-state index contributed by atoms with van der Waals surface area (Å²) in [4.78, 5) is 4.54. The third-order valence-electron chi connectivity index (χ3n) is 3.55. The Morgan fingerprint density at radius 1 is 1.13 bits per heavy atom. The highest BCUT2D eigenvalue weighted by Gasteiger charge is 2.17. The zero-order chi connectivity index (χ0) is 16.6. The molecule has 0 saturated heterocycles. The van der Waals surface area contributed by atoms with Crippen LogP contribution in [0, 0.1) is 0 Å². The molecule has 5 nitrogen and oxygen atoms in total. The van der Waals surface area contributed by atoms with Crippen LogP contribution < -0.4 is 9.47 Å². The van der Waals surface area contributed by atoms with Crippen molar-refractivity contribution in [3.8, 4) is 22.8 Å². The van der Waals surface area contributed by atoms with E-state index in [1.54, 1.807) is 43.0 Å². The molecule has 0 atom stereocenters. The third kappa shape index (κ3) is 2.72. The molecule has 3 aromatic rings. The molecule has 0 amide bonds. The predicted molar refractivity (Wildman–Crippen MR) is 89.7 cm³/mol. The second-order valence-corrected chi connectivity index (χ2v) is 5.68. The first-order valence-electron chi connectivity index (χ1n) is 6.78. The Balaban J connectivity index is 2.26. The minimum absolute atomic E-state index is 0.207. The largest absolute Gasteiger partial charge is 0.493 e. The van der Waals surface area contributed by atoms with Gasteiger partial charge in [-0.25, -0.2) is 4.98 Å². The Morgan fingerprint density at radius 3 is 2.52 bits per heavy atom. The summed E-state index contributed by atoms with van der Waals surface area (Å²) in [5.41, 5.74) is 2.52. The van der Waals surface area contributed by atoms with E-state index in [9.17, 15) is 5.11 Å². The number of aliphatic hydroxyl groups is 1. The molecule has 23 heavy (non-hydrogen) atoms. The van der Waals surface area contributed by atoms with Gasteiger partial charge in [0.2, 0.25) is 0 Å². The van der Waals surface area contributed by atoms with E-state index >= 15 is 0 Å². The molecular weight excluding hydrogens is 339 g/mol. The quantitative estimate of drug-likeness (QED) is 0.775.